The third kappa shape index (κ3) is 6.24. The van der Waals surface area contributed by atoms with Gasteiger partial charge in [0.1, 0.15) is 5.75 Å². The summed E-state index contributed by atoms with van der Waals surface area (Å²) in [6.07, 6.45) is 15.9. The molecule has 0 aliphatic carbocycles. The van der Waals surface area contributed by atoms with Crippen molar-refractivity contribution >= 4 is 11.6 Å². The van der Waals surface area contributed by atoms with E-state index in [2.05, 4.69) is 35.3 Å². The molecule has 0 aliphatic heterocycles. The second-order valence-electron chi connectivity index (χ2n) is 5.51. The van der Waals surface area contributed by atoms with Gasteiger partial charge in [-0.25, -0.2) is 0 Å². The number of allylic oxidation sites excluding steroid dienone is 6. The van der Waals surface area contributed by atoms with Gasteiger partial charge < -0.3 is 10.5 Å². The largest absolute Gasteiger partial charge is 0.497 e. The van der Waals surface area contributed by atoms with E-state index in [9.17, 15) is 0 Å². The average molecular weight is 332 g/mol. The first-order valence-corrected chi connectivity index (χ1v) is 8.20. The maximum Gasteiger partial charge on any atom is 0.118 e. The Morgan fingerprint density at radius 3 is 2.60 bits per heavy atom. The van der Waals surface area contributed by atoms with Crippen molar-refractivity contribution < 1.29 is 4.74 Å². The van der Waals surface area contributed by atoms with Gasteiger partial charge >= 0.3 is 0 Å². The topological polar surface area (TPSA) is 48.1 Å². The Kier molecular flexibility index (Phi) is 7.41. The van der Waals surface area contributed by atoms with Crippen molar-refractivity contribution in [2.75, 3.05) is 13.7 Å². The second-order valence-corrected chi connectivity index (χ2v) is 5.51. The van der Waals surface area contributed by atoms with Crippen LogP contribution in [0.25, 0.3) is 11.6 Å². The first kappa shape index (κ1) is 18.4. The minimum atomic E-state index is 0.548. The van der Waals surface area contributed by atoms with Gasteiger partial charge in [0.05, 0.1) is 7.11 Å². The predicted octanol–water partition coefficient (Wildman–Crippen LogP) is 4.65. The zero-order valence-corrected chi connectivity index (χ0v) is 14.7. The lowest BCUT2D eigenvalue weighted by Crippen LogP contribution is -1.93. The fourth-order valence-corrected chi connectivity index (χ4v) is 2.25. The van der Waals surface area contributed by atoms with Gasteiger partial charge in [0.25, 0.3) is 0 Å². The van der Waals surface area contributed by atoms with Crippen molar-refractivity contribution in [2.24, 2.45) is 5.73 Å². The number of benzene rings is 1. The minimum absolute atomic E-state index is 0.548. The molecule has 0 aliphatic rings. The van der Waals surface area contributed by atoms with Crippen LogP contribution < -0.4 is 10.5 Å². The normalized spacial score (nSPS) is 12.9. The molecule has 0 saturated carbocycles. The lowest BCUT2D eigenvalue weighted by Gasteiger charge is -2.04. The highest BCUT2D eigenvalue weighted by atomic mass is 16.5. The monoisotopic (exact) mass is 332 g/mol. The summed E-state index contributed by atoms with van der Waals surface area (Å²) in [5.74, 6) is 0.844. The van der Waals surface area contributed by atoms with Crippen LogP contribution >= 0.6 is 0 Å². The van der Waals surface area contributed by atoms with Crippen LogP contribution in [0.4, 0.5) is 0 Å². The summed E-state index contributed by atoms with van der Waals surface area (Å²) in [5.41, 5.74) is 9.96. The van der Waals surface area contributed by atoms with Crippen molar-refractivity contribution in [1.82, 2.24) is 4.98 Å². The molecule has 2 aromatic rings. The fourth-order valence-electron chi connectivity index (χ4n) is 2.25. The molecular formula is C22H24N2O. The van der Waals surface area contributed by atoms with Crippen molar-refractivity contribution in [3.8, 4) is 5.75 Å². The Balaban J connectivity index is 2.29. The number of aromatic nitrogens is 1. The summed E-state index contributed by atoms with van der Waals surface area (Å²) in [6.45, 7) is 2.59. The molecular weight excluding hydrogens is 308 g/mol. The lowest BCUT2D eigenvalue weighted by molar-refractivity contribution is 0.415. The summed E-state index contributed by atoms with van der Waals surface area (Å²) < 4.78 is 5.24. The molecule has 2 N–H and O–H groups in total. The molecule has 0 bridgehead atoms. The first-order valence-electron chi connectivity index (χ1n) is 8.20. The smallest absolute Gasteiger partial charge is 0.118 e. The third-order valence-corrected chi connectivity index (χ3v) is 3.64. The molecule has 25 heavy (non-hydrogen) atoms. The van der Waals surface area contributed by atoms with E-state index >= 15 is 0 Å². The number of rotatable bonds is 7. The number of hydrogen-bond acceptors (Lipinski definition) is 3. The molecule has 128 valence electrons. The maximum atomic E-state index is 5.54. The molecule has 3 nitrogen and oxygen atoms in total. The molecule has 0 amide bonds. The Morgan fingerprint density at radius 2 is 1.96 bits per heavy atom. The molecule has 0 unspecified atom stereocenters. The van der Waals surface area contributed by atoms with Crippen molar-refractivity contribution in [1.29, 1.82) is 0 Å². The van der Waals surface area contributed by atoms with Gasteiger partial charge in [0, 0.05) is 18.9 Å². The Bertz CT molecular complexity index is 769. The van der Waals surface area contributed by atoms with Gasteiger partial charge in [-0.15, -0.1) is 0 Å². The Morgan fingerprint density at radius 1 is 1.16 bits per heavy atom. The molecule has 0 atom stereocenters. The van der Waals surface area contributed by atoms with Gasteiger partial charge in [0.15, 0.2) is 0 Å². The average Bonchev–Trinajstić information content (AvgIpc) is 2.65. The zero-order chi connectivity index (χ0) is 17.9. The molecule has 0 saturated heterocycles. The van der Waals surface area contributed by atoms with E-state index in [1.165, 1.54) is 0 Å². The van der Waals surface area contributed by atoms with E-state index < -0.39 is 0 Å². The van der Waals surface area contributed by atoms with Crippen LogP contribution in [-0.4, -0.2) is 18.6 Å². The van der Waals surface area contributed by atoms with E-state index in [-0.39, 0.29) is 0 Å². The summed E-state index contributed by atoms with van der Waals surface area (Å²) >= 11 is 0. The van der Waals surface area contributed by atoms with E-state index in [4.69, 9.17) is 10.5 Å². The number of ether oxygens (including phenoxy) is 1. The van der Waals surface area contributed by atoms with Crippen molar-refractivity contribution in [3.63, 3.8) is 0 Å². The van der Waals surface area contributed by atoms with Crippen LogP contribution in [0.3, 0.4) is 0 Å². The van der Waals surface area contributed by atoms with Gasteiger partial charge in [-0.3, -0.25) is 4.98 Å². The van der Waals surface area contributed by atoms with Crippen LogP contribution in [0.15, 0.2) is 84.7 Å². The van der Waals surface area contributed by atoms with Crippen LogP contribution in [-0.2, 0) is 0 Å². The molecule has 1 heterocycles. The van der Waals surface area contributed by atoms with Crippen LogP contribution in [0.1, 0.15) is 18.1 Å². The number of pyridine rings is 1. The highest BCUT2D eigenvalue weighted by Crippen LogP contribution is 2.21. The summed E-state index contributed by atoms with van der Waals surface area (Å²) in [6, 6.07) is 12.0. The Hall–Kier alpha value is -2.91. The summed E-state index contributed by atoms with van der Waals surface area (Å²) in [7, 11) is 1.67. The van der Waals surface area contributed by atoms with Crippen LogP contribution in [0.2, 0.25) is 0 Å². The van der Waals surface area contributed by atoms with E-state index in [1.807, 2.05) is 55.6 Å². The van der Waals surface area contributed by atoms with Gasteiger partial charge in [-0.1, -0.05) is 60.2 Å². The van der Waals surface area contributed by atoms with Crippen molar-refractivity contribution in [3.05, 3.63) is 95.9 Å². The Labute approximate surface area is 149 Å². The third-order valence-electron chi connectivity index (χ3n) is 3.64. The summed E-state index contributed by atoms with van der Waals surface area (Å²) in [4.78, 5) is 4.14. The number of nitrogens with two attached hydrogens (primary N) is 1. The van der Waals surface area contributed by atoms with Gasteiger partial charge in [-0.2, -0.15) is 0 Å². The molecule has 0 radical (unpaired) electrons. The second kappa shape index (κ2) is 10.1. The van der Waals surface area contributed by atoms with Crippen LogP contribution in [0, 0.1) is 0 Å². The minimum Gasteiger partial charge on any atom is -0.497 e. The SMILES string of the molecule is COc1ccc(C(=C\C=C\C(C)=C\CN)/C=C/c2cccnc2)cc1. The molecule has 1 aromatic carbocycles. The summed E-state index contributed by atoms with van der Waals surface area (Å²) in [5, 5.41) is 0. The van der Waals surface area contributed by atoms with Gasteiger partial charge in [0.2, 0.25) is 0 Å². The van der Waals surface area contributed by atoms with Gasteiger partial charge in [-0.05, 0) is 41.8 Å². The highest BCUT2D eigenvalue weighted by molar-refractivity contribution is 5.80. The quantitative estimate of drug-likeness (QED) is 0.751. The zero-order valence-electron chi connectivity index (χ0n) is 14.7. The number of methoxy groups -OCH3 is 1. The van der Waals surface area contributed by atoms with Crippen molar-refractivity contribution in [2.45, 2.75) is 6.92 Å². The standard InChI is InChI=1S/C22H24N2O/c1-18(14-15-23)5-3-7-20(9-8-19-6-4-16-24-17-19)21-10-12-22(25-2)13-11-21/h3-14,16-17H,15,23H2,1-2H3/b5-3+,9-8+,18-14+,20-7-. The number of nitrogens with zero attached hydrogens (tertiary/aromatic N) is 1. The van der Waals surface area contributed by atoms with E-state index in [0.29, 0.717) is 6.54 Å². The number of hydrogen-bond donors (Lipinski definition) is 1. The van der Waals surface area contributed by atoms with Crippen LogP contribution in [0.5, 0.6) is 5.75 Å². The first-order chi connectivity index (χ1) is 12.2. The molecule has 3 heteroatoms. The predicted molar refractivity (Wildman–Crippen MR) is 106 cm³/mol. The fraction of sp³-hybridized carbons (Fsp3) is 0.136. The maximum absolute atomic E-state index is 5.54. The molecule has 1 aromatic heterocycles. The molecule has 2 rings (SSSR count). The molecule has 0 spiro atoms. The van der Waals surface area contributed by atoms with E-state index in [1.54, 1.807) is 13.3 Å². The molecule has 0 fully saturated rings. The highest BCUT2D eigenvalue weighted by Gasteiger charge is 1.98. The lowest BCUT2D eigenvalue weighted by atomic mass is 10.0. The van der Waals surface area contributed by atoms with E-state index in [0.717, 1.165) is 28.0 Å².